The molecule has 0 saturated carbocycles. The molecular formula is C19H22N4OS. The van der Waals surface area contributed by atoms with Gasteiger partial charge in [-0.25, -0.2) is 4.98 Å². The summed E-state index contributed by atoms with van der Waals surface area (Å²) in [4.78, 5) is 21.1. The fraction of sp³-hybridized carbons (Fsp3) is 0.316. The van der Waals surface area contributed by atoms with Crippen LogP contribution in [0.1, 0.15) is 21.7 Å². The third-order valence-electron chi connectivity index (χ3n) is 4.03. The molecule has 5 nitrogen and oxygen atoms in total. The molecule has 0 spiro atoms. The van der Waals surface area contributed by atoms with E-state index in [1.165, 1.54) is 21.6 Å². The average Bonchev–Trinajstić information content (AvgIpc) is 3.29. The summed E-state index contributed by atoms with van der Waals surface area (Å²) in [5.74, 6) is 0.150. The molecule has 1 aromatic carbocycles. The quantitative estimate of drug-likeness (QED) is 0.624. The predicted octanol–water partition coefficient (Wildman–Crippen LogP) is 3.31. The highest BCUT2D eigenvalue weighted by Crippen LogP contribution is 2.18. The Morgan fingerprint density at radius 3 is 2.72 bits per heavy atom. The maximum Gasteiger partial charge on any atom is 0.224 e. The van der Waals surface area contributed by atoms with E-state index in [0.29, 0.717) is 19.5 Å². The molecule has 0 unspecified atom stereocenters. The molecule has 0 N–H and O–H groups in total. The average molecular weight is 354 g/mol. The van der Waals surface area contributed by atoms with Gasteiger partial charge < -0.3 is 4.90 Å². The molecule has 1 amide bonds. The lowest BCUT2D eigenvalue weighted by Crippen LogP contribution is -2.32. The van der Waals surface area contributed by atoms with Crippen molar-refractivity contribution in [3.8, 4) is 0 Å². The van der Waals surface area contributed by atoms with Gasteiger partial charge in [-0.05, 0) is 31.0 Å². The lowest BCUT2D eigenvalue weighted by atomic mass is 10.1. The lowest BCUT2D eigenvalue weighted by Gasteiger charge is -2.22. The van der Waals surface area contributed by atoms with E-state index in [1.54, 1.807) is 22.3 Å². The van der Waals surface area contributed by atoms with E-state index in [-0.39, 0.29) is 5.91 Å². The van der Waals surface area contributed by atoms with E-state index in [1.807, 2.05) is 23.1 Å². The largest absolute Gasteiger partial charge is 0.337 e. The van der Waals surface area contributed by atoms with Crippen molar-refractivity contribution in [1.82, 2.24) is 19.7 Å². The van der Waals surface area contributed by atoms with Crippen molar-refractivity contribution in [3.63, 3.8) is 0 Å². The number of hydrogen-bond donors (Lipinski definition) is 0. The first kappa shape index (κ1) is 17.4. The van der Waals surface area contributed by atoms with Crippen LogP contribution >= 0.6 is 11.3 Å². The summed E-state index contributed by atoms with van der Waals surface area (Å²) >= 11 is 1.75. The highest BCUT2D eigenvalue weighted by Gasteiger charge is 2.15. The standard InChI is InChI=1S/C19H22N4OS/c1-16-7-8-18(25-16)13-22(11-9-17-5-3-2-4-6-17)19(24)10-12-23-15-20-14-21-23/h2-8,14-15H,9-13H2,1H3. The molecule has 3 rings (SSSR count). The van der Waals surface area contributed by atoms with Gasteiger partial charge in [0.2, 0.25) is 5.91 Å². The number of aromatic nitrogens is 3. The normalized spacial score (nSPS) is 10.8. The van der Waals surface area contributed by atoms with Gasteiger partial charge in [0.25, 0.3) is 0 Å². The van der Waals surface area contributed by atoms with Crippen LogP contribution in [0.4, 0.5) is 0 Å². The first-order valence-electron chi connectivity index (χ1n) is 8.40. The van der Waals surface area contributed by atoms with Gasteiger partial charge in [0.1, 0.15) is 12.7 Å². The third-order valence-corrected chi connectivity index (χ3v) is 5.02. The molecule has 0 aliphatic heterocycles. The summed E-state index contributed by atoms with van der Waals surface area (Å²) in [5.41, 5.74) is 1.25. The molecule has 0 aliphatic carbocycles. The van der Waals surface area contributed by atoms with Crippen molar-refractivity contribution >= 4 is 17.2 Å². The van der Waals surface area contributed by atoms with E-state index in [0.717, 1.165) is 13.0 Å². The zero-order chi connectivity index (χ0) is 17.5. The van der Waals surface area contributed by atoms with Gasteiger partial charge in [-0.1, -0.05) is 30.3 Å². The fourth-order valence-corrected chi connectivity index (χ4v) is 3.58. The SMILES string of the molecule is Cc1ccc(CN(CCc2ccccc2)C(=O)CCn2cncn2)s1. The van der Waals surface area contributed by atoms with Crippen LogP contribution < -0.4 is 0 Å². The summed E-state index contributed by atoms with van der Waals surface area (Å²) < 4.78 is 1.70. The van der Waals surface area contributed by atoms with Gasteiger partial charge in [-0.2, -0.15) is 5.10 Å². The summed E-state index contributed by atoms with van der Waals surface area (Å²) in [6.07, 6.45) is 4.43. The molecular weight excluding hydrogens is 332 g/mol. The molecule has 2 aromatic heterocycles. The predicted molar refractivity (Wildman–Crippen MR) is 99.3 cm³/mol. The van der Waals surface area contributed by atoms with Crippen LogP contribution in [0.5, 0.6) is 0 Å². The van der Waals surface area contributed by atoms with Gasteiger partial charge in [-0.15, -0.1) is 11.3 Å². The Bertz CT molecular complexity index is 783. The van der Waals surface area contributed by atoms with Crippen molar-refractivity contribution in [2.75, 3.05) is 6.54 Å². The van der Waals surface area contributed by atoms with E-state index in [2.05, 4.69) is 41.3 Å². The molecule has 0 fully saturated rings. The van der Waals surface area contributed by atoms with Crippen LogP contribution in [0.3, 0.4) is 0 Å². The van der Waals surface area contributed by atoms with Crippen molar-refractivity contribution in [2.45, 2.75) is 32.9 Å². The Balaban J connectivity index is 1.63. The number of carbonyl (C=O) groups excluding carboxylic acids is 1. The molecule has 0 bridgehead atoms. The molecule has 2 heterocycles. The van der Waals surface area contributed by atoms with Crippen LogP contribution in [-0.4, -0.2) is 32.1 Å². The Hall–Kier alpha value is -2.47. The second-order valence-electron chi connectivity index (χ2n) is 5.97. The van der Waals surface area contributed by atoms with E-state index in [4.69, 9.17) is 0 Å². The minimum absolute atomic E-state index is 0.150. The monoisotopic (exact) mass is 354 g/mol. The number of hydrogen-bond acceptors (Lipinski definition) is 4. The van der Waals surface area contributed by atoms with Gasteiger partial charge in [0.15, 0.2) is 0 Å². The number of aryl methyl sites for hydroxylation is 2. The van der Waals surface area contributed by atoms with Crippen molar-refractivity contribution in [3.05, 3.63) is 70.4 Å². The molecule has 130 valence electrons. The fourth-order valence-electron chi connectivity index (χ4n) is 2.68. The molecule has 0 aliphatic rings. The number of thiophene rings is 1. The first-order valence-corrected chi connectivity index (χ1v) is 9.22. The van der Waals surface area contributed by atoms with Gasteiger partial charge in [0, 0.05) is 22.7 Å². The third kappa shape index (κ3) is 5.26. The number of rotatable bonds is 8. The number of nitrogens with zero attached hydrogens (tertiary/aromatic N) is 4. The number of carbonyl (C=O) groups is 1. The summed E-state index contributed by atoms with van der Waals surface area (Å²) in [5, 5.41) is 4.07. The molecule has 3 aromatic rings. The Kier molecular flexibility index (Phi) is 5.95. The maximum absolute atomic E-state index is 12.7. The van der Waals surface area contributed by atoms with E-state index < -0.39 is 0 Å². The van der Waals surface area contributed by atoms with Gasteiger partial charge >= 0.3 is 0 Å². The van der Waals surface area contributed by atoms with Gasteiger partial charge in [-0.3, -0.25) is 9.48 Å². The number of amides is 1. The van der Waals surface area contributed by atoms with Crippen molar-refractivity contribution in [1.29, 1.82) is 0 Å². The summed E-state index contributed by atoms with van der Waals surface area (Å²) in [7, 11) is 0. The highest BCUT2D eigenvalue weighted by atomic mass is 32.1. The molecule has 6 heteroatoms. The summed E-state index contributed by atoms with van der Waals surface area (Å²) in [6, 6.07) is 14.5. The Morgan fingerprint density at radius 2 is 2.04 bits per heavy atom. The summed E-state index contributed by atoms with van der Waals surface area (Å²) in [6.45, 7) is 4.04. The maximum atomic E-state index is 12.7. The van der Waals surface area contributed by atoms with Crippen LogP contribution in [0.25, 0.3) is 0 Å². The van der Waals surface area contributed by atoms with Crippen LogP contribution in [-0.2, 0) is 24.3 Å². The Labute approximate surface area is 151 Å². The topological polar surface area (TPSA) is 51.0 Å². The van der Waals surface area contributed by atoms with E-state index >= 15 is 0 Å². The van der Waals surface area contributed by atoms with E-state index in [9.17, 15) is 4.79 Å². The Morgan fingerprint density at radius 1 is 1.20 bits per heavy atom. The minimum atomic E-state index is 0.150. The van der Waals surface area contributed by atoms with Crippen molar-refractivity contribution in [2.24, 2.45) is 0 Å². The van der Waals surface area contributed by atoms with Crippen molar-refractivity contribution < 1.29 is 4.79 Å². The number of benzene rings is 1. The lowest BCUT2D eigenvalue weighted by molar-refractivity contribution is -0.132. The first-order chi connectivity index (χ1) is 12.2. The molecule has 0 radical (unpaired) electrons. The molecule has 0 atom stereocenters. The van der Waals surface area contributed by atoms with Crippen LogP contribution in [0.15, 0.2) is 55.1 Å². The van der Waals surface area contributed by atoms with Crippen LogP contribution in [0, 0.1) is 6.92 Å². The second kappa shape index (κ2) is 8.58. The van der Waals surface area contributed by atoms with Gasteiger partial charge in [0.05, 0.1) is 13.1 Å². The van der Waals surface area contributed by atoms with Crippen LogP contribution in [0.2, 0.25) is 0 Å². The zero-order valence-electron chi connectivity index (χ0n) is 14.3. The second-order valence-corrected chi connectivity index (χ2v) is 7.34. The minimum Gasteiger partial charge on any atom is -0.337 e. The molecule has 25 heavy (non-hydrogen) atoms. The zero-order valence-corrected chi connectivity index (χ0v) is 15.2. The molecule has 0 saturated heterocycles. The smallest absolute Gasteiger partial charge is 0.224 e. The highest BCUT2D eigenvalue weighted by molar-refractivity contribution is 7.11.